The van der Waals surface area contributed by atoms with E-state index in [4.69, 9.17) is 10.5 Å². The van der Waals surface area contributed by atoms with Crippen molar-refractivity contribution in [3.8, 4) is 0 Å². The molecule has 1 atom stereocenters. The van der Waals surface area contributed by atoms with Gasteiger partial charge in [0.05, 0.1) is 24.2 Å². The smallest absolute Gasteiger partial charge is 0.235 e. The van der Waals surface area contributed by atoms with Gasteiger partial charge in [-0.2, -0.15) is 0 Å². The summed E-state index contributed by atoms with van der Waals surface area (Å²) in [4.78, 5) is 14.7. The molecular formula is C13H17FN2O2S. The van der Waals surface area contributed by atoms with Gasteiger partial charge in [-0.25, -0.2) is 4.39 Å². The Labute approximate surface area is 116 Å². The maximum absolute atomic E-state index is 13.3. The molecule has 2 N–H and O–H groups in total. The molecule has 1 aromatic rings. The second kappa shape index (κ2) is 6.25. The van der Waals surface area contributed by atoms with Crippen molar-refractivity contribution in [2.45, 2.75) is 17.1 Å². The summed E-state index contributed by atoms with van der Waals surface area (Å²) in [7, 11) is 0. The van der Waals surface area contributed by atoms with E-state index in [9.17, 15) is 9.18 Å². The summed E-state index contributed by atoms with van der Waals surface area (Å²) >= 11 is 1.34. The Balaban J connectivity index is 1.97. The summed E-state index contributed by atoms with van der Waals surface area (Å²) in [5.41, 5.74) is 5.54. The van der Waals surface area contributed by atoms with Gasteiger partial charge in [-0.05, 0) is 25.1 Å². The van der Waals surface area contributed by atoms with Crippen LogP contribution in [0.2, 0.25) is 0 Å². The Hall–Kier alpha value is -1.27. The van der Waals surface area contributed by atoms with Gasteiger partial charge in [0, 0.05) is 18.0 Å². The monoisotopic (exact) mass is 284 g/mol. The number of rotatable bonds is 3. The first kappa shape index (κ1) is 14.1. The molecule has 0 spiro atoms. The highest BCUT2D eigenvalue weighted by molar-refractivity contribution is 8.00. The fourth-order valence-electron chi connectivity index (χ4n) is 1.88. The van der Waals surface area contributed by atoms with Crippen molar-refractivity contribution in [2.75, 3.05) is 32.0 Å². The number of nitrogen functional groups attached to an aromatic ring is 1. The topological polar surface area (TPSA) is 55.6 Å². The number of ether oxygens (including phenoxy) is 1. The van der Waals surface area contributed by atoms with Crippen molar-refractivity contribution in [3.05, 3.63) is 24.0 Å². The highest BCUT2D eigenvalue weighted by atomic mass is 32.2. The molecule has 0 aromatic heterocycles. The van der Waals surface area contributed by atoms with Crippen LogP contribution in [0.1, 0.15) is 6.92 Å². The molecule has 1 unspecified atom stereocenters. The van der Waals surface area contributed by atoms with Crippen LogP contribution in [-0.4, -0.2) is 42.4 Å². The summed E-state index contributed by atoms with van der Waals surface area (Å²) in [6.07, 6.45) is 0. The normalized spacial score (nSPS) is 17.3. The largest absolute Gasteiger partial charge is 0.396 e. The quantitative estimate of drug-likeness (QED) is 0.678. The highest BCUT2D eigenvalue weighted by Crippen LogP contribution is 2.27. The summed E-state index contributed by atoms with van der Waals surface area (Å²) in [5.74, 6) is -0.387. The van der Waals surface area contributed by atoms with Crippen LogP contribution in [0.4, 0.5) is 10.1 Å². The number of amides is 1. The number of halogens is 1. The number of hydrogen-bond donors (Lipinski definition) is 1. The third-order valence-electron chi connectivity index (χ3n) is 2.96. The van der Waals surface area contributed by atoms with Gasteiger partial charge >= 0.3 is 0 Å². The maximum atomic E-state index is 13.3. The van der Waals surface area contributed by atoms with E-state index in [0.29, 0.717) is 31.2 Å². The standard InChI is InChI=1S/C13H17FN2O2S/c1-9(13(17)16-4-6-18-7-5-16)19-10-2-3-12(15)11(14)8-10/h2-3,8-9H,4-7,15H2,1H3. The Morgan fingerprint density at radius 1 is 1.47 bits per heavy atom. The average Bonchev–Trinajstić information content (AvgIpc) is 2.43. The van der Waals surface area contributed by atoms with Crippen molar-refractivity contribution >= 4 is 23.4 Å². The number of benzene rings is 1. The lowest BCUT2D eigenvalue weighted by Gasteiger charge is -2.29. The van der Waals surface area contributed by atoms with Crippen LogP contribution in [0.25, 0.3) is 0 Å². The molecule has 0 saturated carbocycles. The van der Waals surface area contributed by atoms with Crippen LogP contribution in [0.3, 0.4) is 0 Å². The van der Waals surface area contributed by atoms with Crippen LogP contribution in [0.5, 0.6) is 0 Å². The fourth-order valence-corrected chi connectivity index (χ4v) is 2.85. The van der Waals surface area contributed by atoms with Gasteiger partial charge in [0.25, 0.3) is 0 Å². The lowest BCUT2D eigenvalue weighted by molar-refractivity contribution is -0.134. The first-order valence-electron chi connectivity index (χ1n) is 6.16. The van der Waals surface area contributed by atoms with E-state index in [0.717, 1.165) is 0 Å². The molecule has 1 amide bonds. The summed E-state index contributed by atoms with van der Waals surface area (Å²) in [5, 5.41) is -0.249. The molecule has 1 fully saturated rings. The minimum absolute atomic E-state index is 0.0607. The summed E-state index contributed by atoms with van der Waals surface area (Å²) < 4.78 is 18.5. The maximum Gasteiger partial charge on any atom is 0.235 e. The van der Waals surface area contributed by atoms with Crippen LogP contribution in [0.15, 0.2) is 23.1 Å². The van der Waals surface area contributed by atoms with Gasteiger partial charge in [-0.1, -0.05) is 0 Å². The Kier molecular flexibility index (Phi) is 4.66. The average molecular weight is 284 g/mol. The second-order valence-corrected chi connectivity index (χ2v) is 5.80. The molecule has 0 radical (unpaired) electrons. The highest BCUT2D eigenvalue weighted by Gasteiger charge is 2.23. The number of nitrogens with two attached hydrogens (primary N) is 1. The van der Waals surface area contributed by atoms with Crippen molar-refractivity contribution in [1.82, 2.24) is 4.90 Å². The van der Waals surface area contributed by atoms with Gasteiger partial charge in [0.15, 0.2) is 0 Å². The van der Waals surface area contributed by atoms with Crippen molar-refractivity contribution in [2.24, 2.45) is 0 Å². The molecule has 1 heterocycles. The van der Waals surface area contributed by atoms with Gasteiger partial charge < -0.3 is 15.4 Å². The van der Waals surface area contributed by atoms with Gasteiger partial charge in [0.1, 0.15) is 5.82 Å². The zero-order valence-electron chi connectivity index (χ0n) is 10.8. The molecule has 2 rings (SSSR count). The zero-order valence-corrected chi connectivity index (χ0v) is 11.6. The van der Waals surface area contributed by atoms with Gasteiger partial charge in [0.2, 0.25) is 5.91 Å². The minimum atomic E-state index is -0.448. The van der Waals surface area contributed by atoms with Gasteiger partial charge in [-0.3, -0.25) is 4.79 Å². The molecule has 1 aliphatic heterocycles. The van der Waals surface area contributed by atoms with E-state index < -0.39 is 5.82 Å². The van der Waals surface area contributed by atoms with E-state index >= 15 is 0 Å². The van der Waals surface area contributed by atoms with Crippen LogP contribution in [-0.2, 0) is 9.53 Å². The number of thioether (sulfide) groups is 1. The van der Waals surface area contributed by atoms with Crippen molar-refractivity contribution < 1.29 is 13.9 Å². The molecule has 0 aliphatic carbocycles. The number of anilines is 1. The minimum Gasteiger partial charge on any atom is -0.396 e. The fraction of sp³-hybridized carbons (Fsp3) is 0.462. The summed E-state index contributed by atoms with van der Waals surface area (Å²) in [6.45, 7) is 4.25. The Bertz CT molecular complexity index is 464. The summed E-state index contributed by atoms with van der Waals surface area (Å²) in [6, 6.07) is 4.61. The lowest BCUT2D eigenvalue weighted by atomic mass is 10.3. The predicted octanol–water partition coefficient (Wildman–Crippen LogP) is 1.75. The molecule has 19 heavy (non-hydrogen) atoms. The van der Waals surface area contributed by atoms with Crippen LogP contribution >= 0.6 is 11.8 Å². The molecule has 1 saturated heterocycles. The zero-order chi connectivity index (χ0) is 13.8. The number of carbonyl (C=O) groups is 1. The SMILES string of the molecule is CC(Sc1ccc(N)c(F)c1)C(=O)N1CCOCC1. The Morgan fingerprint density at radius 2 is 2.16 bits per heavy atom. The van der Waals surface area contributed by atoms with E-state index in [1.807, 2.05) is 6.92 Å². The van der Waals surface area contributed by atoms with Crippen molar-refractivity contribution in [1.29, 1.82) is 0 Å². The van der Waals surface area contributed by atoms with Crippen LogP contribution < -0.4 is 5.73 Å². The van der Waals surface area contributed by atoms with E-state index in [-0.39, 0.29) is 16.8 Å². The molecule has 104 valence electrons. The predicted molar refractivity (Wildman–Crippen MR) is 73.5 cm³/mol. The first-order chi connectivity index (χ1) is 9.08. The molecule has 6 heteroatoms. The van der Waals surface area contributed by atoms with E-state index in [1.54, 1.807) is 11.0 Å². The Morgan fingerprint density at radius 3 is 2.79 bits per heavy atom. The number of hydrogen-bond acceptors (Lipinski definition) is 4. The third kappa shape index (κ3) is 3.61. The molecule has 1 aromatic carbocycles. The third-order valence-corrected chi connectivity index (χ3v) is 4.04. The molecule has 0 bridgehead atoms. The number of carbonyl (C=O) groups excluding carboxylic acids is 1. The van der Waals surface area contributed by atoms with Gasteiger partial charge in [-0.15, -0.1) is 11.8 Å². The van der Waals surface area contributed by atoms with Crippen molar-refractivity contribution in [3.63, 3.8) is 0 Å². The second-order valence-electron chi connectivity index (χ2n) is 4.38. The lowest BCUT2D eigenvalue weighted by Crippen LogP contribution is -2.44. The van der Waals surface area contributed by atoms with E-state index in [1.165, 1.54) is 23.9 Å². The first-order valence-corrected chi connectivity index (χ1v) is 7.04. The molecule has 4 nitrogen and oxygen atoms in total. The molecular weight excluding hydrogens is 267 g/mol. The van der Waals surface area contributed by atoms with Crippen LogP contribution in [0, 0.1) is 5.82 Å². The molecule has 1 aliphatic rings. The van der Waals surface area contributed by atoms with E-state index in [2.05, 4.69) is 0 Å². The number of nitrogens with zero attached hydrogens (tertiary/aromatic N) is 1. The number of morpholine rings is 1.